The molecule has 1 aromatic heterocycles. The summed E-state index contributed by atoms with van der Waals surface area (Å²) in [6.45, 7) is 0. The van der Waals surface area contributed by atoms with Crippen LogP contribution < -0.4 is 15.4 Å². The number of rotatable bonds is 4. The van der Waals surface area contributed by atoms with Crippen molar-refractivity contribution in [2.75, 3.05) is 24.8 Å². The summed E-state index contributed by atoms with van der Waals surface area (Å²) in [5, 5.41) is 6.20. The quantitative estimate of drug-likeness (QED) is 0.813. The molecule has 2 saturated heterocycles. The molecule has 2 bridgehead atoms. The Kier molecular flexibility index (Phi) is 2.91. The third kappa shape index (κ3) is 2.05. The first-order valence-electron chi connectivity index (χ1n) is 6.18. The van der Waals surface area contributed by atoms with Gasteiger partial charge >= 0.3 is 6.01 Å². The number of anilines is 2. The van der Waals surface area contributed by atoms with Crippen molar-refractivity contribution in [3.63, 3.8) is 0 Å². The number of nitrogens with zero attached hydrogens (tertiary/aromatic N) is 3. The summed E-state index contributed by atoms with van der Waals surface area (Å²) in [6.07, 6.45) is 4.00. The predicted octanol–water partition coefficient (Wildman–Crippen LogP) is 0.654. The number of ether oxygens (including phenoxy) is 2. The van der Waals surface area contributed by atoms with Crippen LogP contribution in [0.3, 0.4) is 0 Å². The monoisotopic (exact) mass is 251 g/mol. The molecule has 0 radical (unpaired) electrons. The van der Waals surface area contributed by atoms with Crippen LogP contribution in [0.1, 0.15) is 19.3 Å². The molecule has 7 nitrogen and oxygen atoms in total. The molecule has 1 aromatic rings. The van der Waals surface area contributed by atoms with Crippen LogP contribution >= 0.6 is 0 Å². The first-order chi connectivity index (χ1) is 8.78. The minimum absolute atomic E-state index is 0.288. The number of methoxy groups -OCH3 is 1. The van der Waals surface area contributed by atoms with Crippen LogP contribution in [0.15, 0.2) is 0 Å². The summed E-state index contributed by atoms with van der Waals surface area (Å²) in [7, 11) is 3.30. The van der Waals surface area contributed by atoms with E-state index >= 15 is 0 Å². The summed E-state index contributed by atoms with van der Waals surface area (Å²) in [4.78, 5) is 12.5. The summed E-state index contributed by atoms with van der Waals surface area (Å²) in [5.41, 5.74) is 0. The molecule has 0 amide bonds. The molecule has 3 atom stereocenters. The molecule has 3 rings (SSSR count). The SMILES string of the molecule is CNc1nc(NC2CC3CCC2O3)nc(OC)n1. The maximum atomic E-state index is 5.79. The molecule has 98 valence electrons. The van der Waals surface area contributed by atoms with Crippen LogP contribution in [0.25, 0.3) is 0 Å². The van der Waals surface area contributed by atoms with Gasteiger partial charge in [0.1, 0.15) is 0 Å². The number of hydrogen-bond acceptors (Lipinski definition) is 7. The average Bonchev–Trinajstić information content (AvgIpc) is 3.00. The zero-order chi connectivity index (χ0) is 12.5. The largest absolute Gasteiger partial charge is 0.467 e. The first kappa shape index (κ1) is 11.5. The van der Waals surface area contributed by atoms with Gasteiger partial charge in [-0.25, -0.2) is 0 Å². The van der Waals surface area contributed by atoms with Crippen molar-refractivity contribution in [3.05, 3.63) is 0 Å². The second kappa shape index (κ2) is 4.56. The Hall–Kier alpha value is -1.63. The third-order valence-corrected chi connectivity index (χ3v) is 3.44. The van der Waals surface area contributed by atoms with Crippen molar-refractivity contribution >= 4 is 11.9 Å². The molecule has 2 fully saturated rings. The molecular weight excluding hydrogens is 234 g/mol. The van der Waals surface area contributed by atoms with Gasteiger partial charge in [0.05, 0.1) is 25.4 Å². The standard InChI is InChI=1S/C11H17N5O2/c1-12-9-14-10(16-11(15-9)17-2)13-7-5-6-3-4-8(7)18-6/h6-8H,3-5H2,1-2H3,(H2,12,13,14,15,16). The molecular formula is C11H17N5O2. The molecule has 18 heavy (non-hydrogen) atoms. The molecule has 3 heterocycles. The van der Waals surface area contributed by atoms with Gasteiger partial charge in [-0.2, -0.15) is 15.0 Å². The Morgan fingerprint density at radius 1 is 1.22 bits per heavy atom. The molecule has 7 heteroatoms. The van der Waals surface area contributed by atoms with Crippen molar-refractivity contribution < 1.29 is 9.47 Å². The number of aromatic nitrogens is 3. The van der Waals surface area contributed by atoms with Gasteiger partial charge in [-0.3, -0.25) is 0 Å². The molecule has 0 aliphatic carbocycles. The lowest BCUT2D eigenvalue weighted by Crippen LogP contribution is -2.31. The summed E-state index contributed by atoms with van der Waals surface area (Å²) < 4.78 is 10.8. The fraction of sp³-hybridized carbons (Fsp3) is 0.727. The lowest BCUT2D eigenvalue weighted by molar-refractivity contribution is 0.102. The Labute approximate surface area is 105 Å². The van der Waals surface area contributed by atoms with Crippen LogP contribution in [-0.4, -0.2) is 47.4 Å². The number of hydrogen-bond donors (Lipinski definition) is 2. The van der Waals surface area contributed by atoms with E-state index in [9.17, 15) is 0 Å². The molecule has 0 aromatic carbocycles. The van der Waals surface area contributed by atoms with E-state index in [4.69, 9.17) is 9.47 Å². The highest BCUT2D eigenvalue weighted by atomic mass is 16.5. The molecule has 3 unspecified atom stereocenters. The van der Waals surface area contributed by atoms with Crippen LogP contribution in [0.5, 0.6) is 6.01 Å². The third-order valence-electron chi connectivity index (χ3n) is 3.44. The molecule has 0 spiro atoms. The number of nitrogens with one attached hydrogen (secondary N) is 2. The average molecular weight is 251 g/mol. The van der Waals surface area contributed by atoms with Gasteiger partial charge in [0.25, 0.3) is 0 Å². The van der Waals surface area contributed by atoms with Gasteiger partial charge in [0, 0.05) is 7.05 Å². The van der Waals surface area contributed by atoms with E-state index in [0.717, 1.165) is 12.8 Å². The zero-order valence-electron chi connectivity index (χ0n) is 10.5. The van der Waals surface area contributed by atoms with E-state index < -0.39 is 0 Å². The smallest absolute Gasteiger partial charge is 0.322 e. The van der Waals surface area contributed by atoms with Gasteiger partial charge < -0.3 is 20.1 Å². The molecule has 2 N–H and O–H groups in total. The fourth-order valence-electron chi connectivity index (χ4n) is 2.58. The fourth-order valence-corrected chi connectivity index (χ4v) is 2.58. The Bertz CT molecular complexity index is 419. The first-order valence-corrected chi connectivity index (χ1v) is 6.18. The van der Waals surface area contributed by atoms with Crippen LogP contribution in [0.4, 0.5) is 11.9 Å². The van der Waals surface area contributed by atoms with Crippen LogP contribution in [0.2, 0.25) is 0 Å². The maximum absolute atomic E-state index is 5.79. The Morgan fingerprint density at radius 3 is 2.67 bits per heavy atom. The second-order valence-corrected chi connectivity index (χ2v) is 4.58. The highest BCUT2D eigenvalue weighted by Gasteiger charge is 2.41. The van der Waals surface area contributed by atoms with Crippen LogP contribution in [0, 0.1) is 0 Å². The highest BCUT2D eigenvalue weighted by Crippen LogP contribution is 2.35. The van der Waals surface area contributed by atoms with Gasteiger partial charge in [0.2, 0.25) is 11.9 Å². The van der Waals surface area contributed by atoms with Gasteiger partial charge in [-0.15, -0.1) is 0 Å². The lowest BCUT2D eigenvalue weighted by atomic mass is 9.96. The highest BCUT2D eigenvalue weighted by molar-refractivity contribution is 5.36. The van der Waals surface area contributed by atoms with Crippen molar-refractivity contribution in [1.82, 2.24) is 15.0 Å². The predicted molar refractivity (Wildman–Crippen MR) is 65.8 cm³/mol. The van der Waals surface area contributed by atoms with E-state index in [1.54, 1.807) is 14.2 Å². The van der Waals surface area contributed by atoms with E-state index in [1.165, 1.54) is 6.42 Å². The van der Waals surface area contributed by atoms with Crippen molar-refractivity contribution in [1.29, 1.82) is 0 Å². The number of fused-ring (bicyclic) bond motifs is 2. The van der Waals surface area contributed by atoms with Crippen molar-refractivity contribution in [3.8, 4) is 6.01 Å². The minimum Gasteiger partial charge on any atom is -0.467 e. The van der Waals surface area contributed by atoms with E-state index in [1.807, 2.05) is 0 Å². The maximum Gasteiger partial charge on any atom is 0.322 e. The minimum atomic E-state index is 0.288. The van der Waals surface area contributed by atoms with Gasteiger partial charge in [0.15, 0.2) is 0 Å². The Morgan fingerprint density at radius 2 is 2.06 bits per heavy atom. The summed E-state index contributed by atoms with van der Waals surface area (Å²) >= 11 is 0. The molecule has 0 saturated carbocycles. The van der Waals surface area contributed by atoms with Crippen molar-refractivity contribution in [2.45, 2.75) is 37.5 Å². The summed E-state index contributed by atoms with van der Waals surface area (Å²) in [5.74, 6) is 1.03. The van der Waals surface area contributed by atoms with Gasteiger partial charge in [-0.05, 0) is 19.3 Å². The van der Waals surface area contributed by atoms with E-state index in [0.29, 0.717) is 30.1 Å². The lowest BCUT2D eigenvalue weighted by Gasteiger charge is -2.20. The summed E-state index contributed by atoms with van der Waals surface area (Å²) in [6, 6.07) is 0.599. The molecule has 2 aliphatic heterocycles. The topological polar surface area (TPSA) is 81.2 Å². The Balaban J connectivity index is 1.75. The van der Waals surface area contributed by atoms with Crippen LogP contribution in [-0.2, 0) is 4.74 Å². The zero-order valence-corrected chi connectivity index (χ0v) is 10.5. The van der Waals surface area contributed by atoms with E-state index in [-0.39, 0.29) is 6.10 Å². The molecule has 2 aliphatic rings. The van der Waals surface area contributed by atoms with Gasteiger partial charge in [-0.1, -0.05) is 0 Å². The normalized spacial score (nSPS) is 29.3. The van der Waals surface area contributed by atoms with E-state index in [2.05, 4.69) is 25.6 Å². The van der Waals surface area contributed by atoms with Crippen molar-refractivity contribution in [2.24, 2.45) is 0 Å². The second-order valence-electron chi connectivity index (χ2n) is 4.58.